The second-order valence-corrected chi connectivity index (χ2v) is 4.24. The van der Waals surface area contributed by atoms with Crippen LogP contribution in [-0.4, -0.2) is 36.3 Å². The number of nitrogens with one attached hydrogen (secondary N) is 1. The Kier molecular flexibility index (Phi) is 9.00. The topological polar surface area (TPSA) is 38.3 Å². The van der Waals surface area contributed by atoms with E-state index in [0.29, 0.717) is 6.54 Å². The minimum Gasteiger partial charge on any atom is -0.372 e. The van der Waals surface area contributed by atoms with Gasteiger partial charge in [0.1, 0.15) is 6.61 Å². The van der Waals surface area contributed by atoms with Crippen LogP contribution >= 0.6 is 22.6 Å². The van der Waals surface area contributed by atoms with Crippen molar-refractivity contribution in [3.8, 4) is 0 Å². The molecular formula is C9H15F3INO2. The number of ether oxygens (including phenoxy) is 1. The molecule has 96 valence electrons. The molecule has 0 unspecified atom stereocenters. The first-order chi connectivity index (χ1) is 7.45. The van der Waals surface area contributed by atoms with E-state index in [1.54, 1.807) is 0 Å². The van der Waals surface area contributed by atoms with Crippen LogP contribution in [0.2, 0.25) is 0 Å². The van der Waals surface area contributed by atoms with Gasteiger partial charge in [-0.2, -0.15) is 13.2 Å². The van der Waals surface area contributed by atoms with Gasteiger partial charge < -0.3 is 10.1 Å². The van der Waals surface area contributed by atoms with E-state index in [0.717, 1.165) is 17.3 Å². The average Bonchev–Trinajstić information content (AvgIpc) is 2.18. The zero-order valence-electron chi connectivity index (χ0n) is 8.78. The van der Waals surface area contributed by atoms with E-state index in [2.05, 4.69) is 32.6 Å². The van der Waals surface area contributed by atoms with Gasteiger partial charge in [0.25, 0.3) is 0 Å². The van der Waals surface area contributed by atoms with Gasteiger partial charge in [-0.25, -0.2) is 0 Å². The fraction of sp³-hybridized carbons (Fsp3) is 0.889. The molecule has 0 aromatic heterocycles. The summed E-state index contributed by atoms with van der Waals surface area (Å²) in [5.41, 5.74) is 0. The lowest BCUT2D eigenvalue weighted by molar-refractivity contribution is -0.174. The molecule has 0 atom stereocenters. The number of alkyl halides is 4. The van der Waals surface area contributed by atoms with Gasteiger partial charge in [0.15, 0.2) is 0 Å². The first-order valence-corrected chi connectivity index (χ1v) is 6.45. The molecule has 0 aliphatic rings. The van der Waals surface area contributed by atoms with Crippen LogP contribution in [0.3, 0.4) is 0 Å². The molecule has 0 aromatic rings. The van der Waals surface area contributed by atoms with E-state index in [-0.39, 0.29) is 18.9 Å². The Balaban J connectivity index is 3.31. The Morgan fingerprint density at radius 3 is 2.56 bits per heavy atom. The summed E-state index contributed by atoms with van der Waals surface area (Å²) in [6.45, 7) is -0.923. The summed E-state index contributed by atoms with van der Waals surface area (Å²) in [5, 5.41) is 2.61. The Labute approximate surface area is 106 Å². The zero-order valence-corrected chi connectivity index (χ0v) is 10.9. The van der Waals surface area contributed by atoms with Crippen LogP contribution < -0.4 is 5.32 Å². The van der Waals surface area contributed by atoms with Crippen LogP contribution in [0.5, 0.6) is 0 Å². The Morgan fingerprint density at radius 1 is 1.31 bits per heavy atom. The van der Waals surface area contributed by atoms with Crippen LogP contribution in [0.15, 0.2) is 0 Å². The van der Waals surface area contributed by atoms with Gasteiger partial charge in [-0.1, -0.05) is 22.6 Å². The number of hydrogen-bond acceptors (Lipinski definition) is 2. The molecule has 0 saturated heterocycles. The highest BCUT2D eigenvalue weighted by atomic mass is 127. The molecule has 0 saturated carbocycles. The van der Waals surface area contributed by atoms with E-state index in [1.165, 1.54) is 0 Å². The summed E-state index contributed by atoms with van der Waals surface area (Å²) in [5.74, 6) is -0.268. The molecular weight excluding hydrogens is 338 g/mol. The van der Waals surface area contributed by atoms with E-state index in [1.807, 2.05) is 0 Å². The van der Waals surface area contributed by atoms with Gasteiger partial charge in [0.05, 0.1) is 6.61 Å². The average molecular weight is 353 g/mol. The van der Waals surface area contributed by atoms with Gasteiger partial charge in [0.2, 0.25) is 5.91 Å². The zero-order chi connectivity index (χ0) is 12.4. The van der Waals surface area contributed by atoms with Crippen molar-refractivity contribution in [1.29, 1.82) is 0 Å². The maximum absolute atomic E-state index is 11.6. The SMILES string of the molecule is O=C(CCOCC(F)(F)F)NCCCCI. The predicted octanol–water partition coefficient (Wildman–Crippen LogP) is 2.29. The molecule has 0 rings (SSSR count). The molecule has 0 radical (unpaired) electrons. The molecule has 1 N–H and O–H groups in total. The molecule has 0 spiro atoms. The van der Waals surface area contributed by atoms with Gasteiger partial charge in [0, 0.05) is 13.0 Å². The summed E-state index contributed by atoms with van der Waals surface area (Å²) in [4.78, 5) is 11.1. The quantitative estimate of drug-likeness (QED) is 0.413. The first kappa shape index (κ1) is 16.0. The van der Waals surface area contributed by atoms with E-state index >= 15 is 0 Å². The summed E-state index contributed by atoms with van der Waals surface area (Å²) < 4.78 is 40.3. The number of rotatable bonds is 8. The number of hydrogen-bond donors (Lipinski definition) is 1. The fourth-order valence-corrected chi connectivity index (χ4v) is 1.43. The molecule has 0 bridgehead atoms. The number of unbranched alkanes of at least 4 members (excludes halogenated alkanes) is 1. The highest BCUT2D eigenvalue weighted by Gasteiger charge is 2.27. The standard InChI is InChI=1S/C9H15F3INO2/c10-9(11,12)7-16-6-3-8(15)14-5-2-1-4-13/h1-7H2,(H,14,15). The maximum Gasteiger partial charge on any atom is 0.411 e. The highest BCUT2D eigenvalue weighted by Crippen LogP contribution is 2.14. The van der Waals surface area contributed by atoms with Crippen molar-refractivity contribution in [2.75, 3.05) is 24.2 Å². The van der Waals surface area contributed by atoms with Crippen molar-refractivity contribution >= 4 is 28.5 Å². The first-order valence-electron chi connectivity index (χ1n) is 4.93. The minimum atomic E-state index is -4.32. The Hall–Kier alpha value is -0.0500. The predicted molar refractivity (Wildman–Crippen MR) is 62.6 cm³/mol. The third kappa shape index (κ3) is 12.0. The smallest absolute Gasteiger partial charge is 0.372 e. The van der Waals surface area contributed by atoms with Crippen molar-refractivity contribution < 1.29 is 22.7 Å². The molecule has 1 amide bonds. The molecule has 0 heterocycles. The summed E-state index contributed by atoms with van der Waals surface area (Å²) in [6.07, 6.45) is -2.44. The van der Waals surface area contributed by atoms with Crippen LogP contribution in [0.25, 0.3) is 0 Å². The molecule has 0 aliphatic heterocycles. The monoisotopic (exact) mass is 353 g/mol. The summed E-state index contributed by atoms with van der Waals surface area (Å²) >= 11 is 2.24. The third-order valence-electron chi connectivity index (χ3n) is 1.62. The Bertz CT molecular complexity index is 200. The second-order valence-electron chi connectivity index (χ2n) is 3.16. The van der Waals surface area contributed by atoms with Gasteiger partial charge in [-0.3, -0.25) is 4.79 Å². The number of amides is 1. The van der Waals surface area contributed by atoms with Gasteiger partial charge in [-0.15, -0.1) is 0 Å². The minimum absolute atomic E-state index is 0.0275. The van der Waals surface area contributed by atoms with E-state index < -0.39 is 12.8 Å². The number of halogens is 4. The molecule has 7 heteroatoms. The van der Waals surface area contributed by atoms with Crippen molar-refractivity contribution in [2.24, 2.45) is 0 Å². The lowest BCUT2D eigenvalue weighted by Crippen LogP contribution is -2.26. The molecule has 0 aromatic carbocycles. The third-order valence-corrected chi connectivity index (χ3v) is 2.38. The lowest BCUT2D eigenvalue weighted by Gasteiger charge is -2.07. The fourth-order valence-electron chi connectivity index (χ4n) is 0.888. The highest BCUT2D eigenvalue weighted by molar-refractivity contribution is 14.1. The van der Waals surface area contributed by atoms with Crippen LogP contribution in [-0.2, 0) is 9.53 Å². The Morgan fingerprint density at radius 2 is 2.00 bits per heavy atom. The molecule has 16 heavy (non-hydrogen) atoms. The largest absolute Gasteiger partial charge is 0.411 e. The number of carbonyl (C=O) groups is 1. The number of carbonyl (C=O) groups excluding carboxylic acids is 1. The second kappa shape index (κ2) is 9.03. The summed E-state index contributed by atoms with van der Waals surface area (Å²) in [6, 6.07) is 0. The molecule has 3 nitrogen and oxygen atoms in total. The van der Waals surface area contributed by atoms with E-state index in [4.69, 9.17) is 0 Å². The maximum atomic E-state index is 11.6. The normalized spacial score (nSPS) is 11.5. The molecule has 0 fully saturated rings. The van der Waals surface area contributed by atoms with Crippen molar-refractivity contribution in [3.05, 3.63) is 0 Å². The lowest BCUT2D eigenvalue weighted by atomic mass is 10.3. The van der Waals surface area contributed by atoms with Crippen molar-refractivity contribution in [3.63, 3.8) is 0 Å². The van der Waals surface area contributed by atoms with E-state index in [9.17, 15) is 18.0 Å². The van der Waals surface area contributed by atoms with Crippen LogP contribution in [0, 0.1) is 0 Å². The van der Waals surface area contributed by atoms with Crippen LogP contribution in [0.4, 0.5) is 13.2 Å². The van der Waals surface area contributed by atoms with Gasteiger partial charge >= 0.3 is 6.18 Å². The van der Waals surface area contributed by atoms with Gasteiger partial charge in [-0.05, 0) is 17.3 Å². The van der Waals surface area contributed by atoms with Crippen molar-refractivity contribution in [2.45, 2.75) is 25.4 Å². The summed E-state index contributed by atoms with van der Waals surface area (Å²) in [7, 11) is 0. The molecule has 0 aliphatic carbocycles. The van der Waals surface area contributed by atoms with Crippen LogP contribution in [0.1, 0.15) is 19.3 Å². The van der Waals surface area contributed by atoms with Crippen molar-refractivity contribution in [1.82, 2.24) is 5.32 Å².